The summed E-state index contributed by atoms with van der Waals surface area (Å²) in [7, 11) is 0. The molecule has 1 aliphatic rings. The molecule has 1 N–H and O–H groups in total. The Labute approximate surface area is 159 Å². The quantitative estimate of drug-likeness (QED) is 0.724. The smallest absolute Gasteiger partial charge is 0.166 e. The predicted molar refractivity (Wildman–Crippen MR) is 107 cm³/mol. The van der Waals surface area contributed by atoms with Crippen LogP contribution in [0.15, 0.2) is 36.7 Å². The molecule has 0 atom stereocenters. The molecule has 0 bridgehead atoms. The fourth-order valence-corrected chi connectivity index (χ4v) is 3.48. The number of hydrogen-bond acceptors (Lipinski definition) is 6. The monoisotopic (exact) mass is 366 g/mol. The lowest BCUT2D eigenvalue weighted by molar-refractivity contribution is 0.0398. The number of ether oxygens (including phenoxy) is 1. The number of fused-ring (bicyclic) bond motifs is 1. The summed E-state index contributed by atoms with van der Waals surface area (Å²) in [5, 5.41) is 3.46. The van der Waals surface area contributed by atoms with E-state index in [-0.39, 0.29) is 6.04 Å². The van der Waals surface area contributed by atoms with Crippen molar-refractivity contribution in [1.82, 2.24) is 24.4 Å². The largest absolute Gasteiger partial charge is 0.379 e. The summed E-state index contributed by atoms with van der Waals surface area (Å²) in [4.78, 5) is 16.3. The number of anilines is 1. The number of aromatic nitrogens is 4. The van der Waals surface area contributed by atoms with Gasteiger partial charge in [0.15, 0.2) is 17.0 Å². The average molecular weight is 366 g/mol. The van der Waals surface area contributed by atoms with Crippen LogP contribution in [0.1, 0.15) is 19.9 Å². The third-order valence-corrected chi connectivity index (χ3v) is 4.85. The van der Waals surface area contributed by atoms with Crippen molar-refractivity contribution >= 4 is 17.0 Å². The van der Waals surface area contributed by atoms with E-state index in [1.54, 1.807) is 6.33 Å². The predicted octanol–water partition coefficient (Wildman–Crippen LogP) is 2.82. The van der Waals surface area contributed by atoms with E-state index in [0.29, 0.717) is 0 Å². The highest BCUT2D eigenvalue weighted by atomic mass is 16.5. The van der Waals surface area contributed by atoms with Gasteiger partial charge in [0.2, 0.25) is 0 Å². The Bertz CT molecular complexity index is 886. The summed E-state index contributed by atoms with van der Waals surface area (Å²) in [5.41, 5.74) is 2.78. The second kappa shape index (κ2) is 8.02. The molecule has 27 heavy (non-hydrogen) atoms. The first-order chi connectivity index (χ1) is 13.2. The van der Waals surface area contributed by atoms with E-state index in [2.05, 4.69) is 50.7 Å². The number of hydrogen-bond donors (Lipinski definition) is 1. The standard InChI is InChI=1S/C20H26N6O/c1-15(2)26-19(16-6-4-3-5-7-16)24-17-18(22-14-23-20(17)26)21-8-9-25-10-12-27-13-11-25/h3-7,14-15H,8-13H2,1-2H3,(H,21,22,23). The van der Waals surface area contributed by atoms with Crippen LogP contribution < -0.4 is 5.32 Å². The maximum absolute atomic E-state index is 5.41. The first kappa shape index (κ1) is 17.9. The zero-order valence-corrected chi connectivity index (χ0v) is 15.9. The molecule has 0 saturated carbocycles. The Kier molecular flexibility index (Phi) is 5.31. The molecule has 0 unspecified atom stereocenters. The molecule has 0 spiro atoms. The Morgan fingerprint density at radius 3 is 2.63 bits per heavy atom. The molecule has 1 saturated heterocycles. The van der Waals surface area contributed by atoms with Crippen molar-refractivity contribution in [1.29, 1.82) is 0 Å². The normalized spacial score (nSPS) is 15.5. The van der Waals surface area contributed by atoms with Crippen molar-refractivity contribution in [2.24, 2.45) is 0 Å². The molecule has 4 rings (SSSR count). The lowest BCUT2D eigenvalue weighted by Gasteiger charge is -2.26. The maximum Gasteiger partial charge on any atom is 0.166 e. The zero-order chi connectivity index (χ0) is 18.6. The van der Waals surface area contributed by atoms with Crippen molar-refractivity contribution in [3.63, 3.8) is 0 Å². The molecule has 2 aromatic heterocycles. The molecular formula is C20H26N6O. The molecule has 0 amide bonds. The highest BCUT2D eigenvalue weighted by Gasteiger charge is 2.19. The molecule has 1 aromatic carbocycles. The minimum Gasteiger partial charge on any atom is -0.379 e. The summed E-state index contributed by atoms with van der Waals surface area (Å²) in [6, 6.07) is 10.5. The van der Waals surface area contributed by atoms with Gasteiger partial charge in [0, 0.05) is 37.8 Å². The minimum absolute atomic E-state index is 0.251. The lowest BCUT2D eigenvalue weighted by Crippen LogP contribution is -2.39. The number of benzene rings is 1. The van der Waals surface area contributed by atoms with E-state index in [1.807, 2.05) is 18.2 Å². The Morgan fingerprint density at radius 1 is 1.11 bits per heavy atom. The van der Waals surface area contributed by atoms with Gasteiger partial charge in [-0.05, 0) is 13.8 Å². The van der Waals surface area contributed by atoms with Crippen molar-refractivity contribution in [2.75, 3.05) is 44.7 Å². The molecule has 0 radical (unpaired) electrons. The van der Waals surface area contributed by atoms with Gasteiger partial charge in [0.05, 0.1) is 13.2 Å². The molecule has 1 aliphatic heterocycles. The van der Waals surface area contributed by atoms with Gasteiger partial charge in [0.25, 0.3) is 0 Å². The first-order valence-electron chi connectivity index (χ1n) is 9.56. The third-order valence-electron chi connectivity index (χ3n) is 4.85. The van der Waals surface area contributed by atoms with Gasteiger partial charge in [-0.2, -0.15) is 0 Å². The van der Waals surface area contributed by atoms with Gasteiger partial charge in [-0.3, -0.25) is 4.90 Å². The van der Waals surface area contributed by atoms with E-state index < -0.39 is 0 Å². The maximum atomic E-state index is 5.41. The molecule has 142 valence electrons. The summed E-state index contributed by atoms with van der Waals surface area (Å²) >= 11 is 0. The second-order valence-corrected chi connectivity index (χ2v) is 7.04. The Morgan fingerprint density at radius 2 is 1.89 bits per heavy atom. The molecule has 7 heteroatoms. The molecule has 7 nitrogen and oxygen atoms in total. The topological polar surface area (TPSA) is 68.1 Å². The van der Waals surface area contributed by atoms with E-state index in [9.17, 15) is 0 Å². The number of nitrogens with zero attached hydrogens (tertiary/aromatic N) is 5. The lowest BCUT2D eigenvalue weighted by atomic mass is 10.2. The number of imidazole rings is 1. The fraction of sp³-hybridized carbons (Fsp3) is 0.450. The van der Waals surface area contributed by atoms with Crippen molar-refractivity contribution in [3.05, 3.63) is 36.7 Å². The van der Waals surface area contributed by atoms with E-state index >= 15 is 0 Å². The fourth-order valence-electron chi connectivity index (χ4n) is 3.48. The van der Waals surface area contributed by atoms with Gasteiger partial charge in [0.1, 0.15) is 12.2 Å². The molecule has 3 heterocycles. The Hall–Kier alpha value is -2.51. The third kappa shape index (κ3) is 3.79. The van der Waals surface area contributed by atoms with Crippen LogP contribution >= 0.6 is 0 Å². The van der Waals surface area contributed by atoms with Gasteiger partial charge in [-0.25, -0.2) is 15.0 Å². The highest BCUT2D eigenvalue weighted by molar-refractivity contribution is 5.86. The first-order valence-corrected chi connectivity index (χ1v) is 9.56. The van der Waals surface area contributed by atoms with Crippen LogP contribution in [0.25, 0.3) is 22.6 Å². The van der Waals surface area contributed by atoms with Gasteiger partial charge in [-0.15, -0.1) is 0 Å². The van der Waals surface area contributed by atoms with Crippen LogP contribution in [0.3, 0.4) is 0 Å². The summed E-state index contributed by atoms with van der Waals surface area (Å²) < 4.78 is 7.59. The van der Waals surface area contributed by atoms with Crippen LogP contribution in [0.4, 0.5) is 5.82 Å². The van der Waals surface area contributed by atoms with Crippen LogP contribution in [-0.4, -0.2) is 63.8 Å². The van der Waals surface area contributed by atoms with E-state index in [4.69, 9.17) is 9.72 Å². The Balaban J connectivity index is 1.62. The number of morpholine rings is 1. The van der Waals surface area contributed by atoms with Crippen LogP contribution in [-0.2, 0) is 4.74 Å². The number of nitrogens with one attached hydrogen (secondary N) is 1. The van der Waals surface area contributed by atoms with Crippen molar-refractivity contribution < 1.29 is 4.74 Å². The van der Waals surface area contributed by atoms with Gasteiger partial charge >= 0.3 is 0 Å². The average Bonchev–Trinajstić information content (AvgIpc) is 3.10. The second-order valence-electron chi connectivity index (χ2n) is 7.04. The van der Waals surface area contributed by atoms with Gasteiger partial charge in [-0.1, -0.05) is 30.3 Å². The van der Waals surface area contributed by atoms with Crippen molar-refractivity contribution in [2.45, 2.75) is 19.9 Å². The van der Waals surface area contributed by atoms with Crippen LogP contribution in [0, 0.1) is 0 Å². The molecule has 0 aliphatic carbocycles. The van der Waals surface area contributed by atoms with E-state index in [1.165, 1.54) is 0 Å². The van der Waals surface area contributed by atoms with E-state index in [0.717, 1.165) is 67.8 Å². The van der Waals surface area contributed by atoms with Gasteiger partial charge < -0.3 is 14.6 Å². The number of rotatable bonds is 6. The SMILES string of the molecule is CC(C)n1c(-c2ccccc2)nc2c(NCCN3CCOCC3)ncnc21. The molecular weight excluding hydrogens is 340 g/mol. The minimum atomic E-state index is 0.251. The summed E-state index contributed by atoms with van der Waals surface area (Å²) in [5.74, 6) is 1.72. The highest BCUT2D eigenvalue weighted by Crippen LogP contribution is 2.29. The van der Waals surface area contributed by atoms with Crippen LogP contribution in [0.2, 0.25) is 0 Å². The summed E-state index contributed by atoms with van der Waals surface area (Å²) in [6.07, 6.45) is 1.62. The van der Waals surface area contributed by atoms with Crippen LogP contribution in [0.5, 0.6) is 0 Å². The summed E-state index contributed by atoms with van der Waals surface area (Å²) in [6.45, 7) is 9.70. The molecule has 1 fully saturated rings. The van der Waals surface area contributed by atoms with Crippen molar-refractivity contribution in [3.8, 4) is 11.4 Å². The zero-order valence-electron chi connectivity index (χ0n) is 15.9. The molecule has 3 aromatic rings.